The van der Waals surface area contributed by atoms with Gasteiger partial charge in [-0.3, -0.25) is 4.79 Å². The number of aromatic nitrogens is 2. The molecule has 0 saturated heterocycles. The van der Waals surface area contributed by atoms with Crippen molar-refractivity contribution in [2.45, 2.75) is 46.1 Å². The molecule has 30 heavy (non-hydrogen) atoms. The highest BCUT2D eigenvalue weighted by Gasteiger charge is 2.21. The van der Waals surface area contributed by atoms with Crippen LogP contribution in [0.4, 0.5) is 4.39 Å². The van der Waals surface area contributed by atoms with Crippen molar-refractivity contribution in [3.05, 3.63) is 58.9 Å². The number of nitrogens with zero attached hydrogens (tertiary/aromatic N) is 2. The maximum absolute atomic E-state index is 14.2. The summed E-state index contributed by atoms with van der Waals surface area (Å²) in [5.74, 6) is -1.47. The first-order chi connectivity index (χ1) is 14.3. The molecule has 2 aromatic heterocycles. The zero-order valence-electron chi connectivity index (χ0n) is 16.8. The molecule has 0 aliphatic heterocycles. The molecule has 0 aliphatic rings. The lowest BCUT2D eigenvalue weighted by molar-refractivity contribution is -0.118. The number of carbonyl (C=O) groups is 2. The van der Waals surface area contributed by atoms with E-state index in [1.54, 1.807) is 10.8 Å². The van der Waals surface area contributed by atoms with Gasteiger partial charge < -0.3 is 19.3 Å². The van der Waals surface area contributed by atoms with Gasteiger partial charge >= 0.3 is 5.97 Å². The molecule has 2 heterocycles. The number of carboxylic acid groups (broad SMARTS) is 1. The Hall–Kier alpha value is -3.42. The summed E-state index contributed by atoms with van der Waals surface area (Å²) < 4.78 is 21.3. The van der Waals surface area contributed by atoms with Gasteiger partial charge in [-0.2, -0.15) is 0 Å². The molecule has 8 heteroatoms. The highest BCUT2D eigenvalue weighted by molar-refractivity contribution is 5.92. The Labute approximate surface area is 172 Å². The second kappa shape index (κ2) is 8.94. The smallest absolute Gasteiger partial charge is 0.337 e. The van der Waals surface area contributed by atoms with Gasteiger partial charge in [0.15, 0.2) is 0 Å². The zero-order valence-corrected chi connectivity index (χ0v) is 16.8. The van der Waals surface area contributed by atoms with Crippen LogP contribution in [0.5, 0.6) is 5.75 Å². The van der Waals surface area contributed by atoms with E-state index < -0.39 is 11.8 Å². The number of phenols is 1. The standard InChI is InChI=1S/C22H23FN2O5/c1-3-16-20(30-24-21(16)17-7-5-15(27)10-19(17)23)8-6-14(26)9-13-11-25(4-2)12-18(13)22(28)29/h5,7,10-12,27H,3-4,6,8-9H2,1-2H3,(H,28,29). The minimum Gasteiger partial charge on any atom is -0.508 e. The van der Waals surface area contributed by atoms with E-state index in [0.29, 0.717) is 35.5 Å². The second-order valence-electron chi connectivity index (χ2n) is 7.00. The summed E-state index contributed by atoms with van der Waals surface area (Å²) in [4.78, 5) is 23.9. The number of aryl methyl sites for hydroxylation is 2. The number of hydrogen-bond acceptors (Lipinski definition) is 5. The summed E-state index contributed by atoms with van der Waals surface area (Å²) in [7, 11) is 0. The van der Waals surface area contributed by atoms with Gasteiger partial charge in [0.1, 0.15) is 28.8 Å². The molecule has 158 valence electrons. The molecule has 0 fully saturated rings. The lowest BCUT2D eigenvalue weighted by Gasteiger charge is -2.04. The average molecular weight is 414 g/mol. The van der Waals surface area contributed by atoms with E-state index in [9.17, 15) is 24.2 Å². The van der Waals surface area contributed by atoms with E-state index in [0.717, 1.165) is 6.07 Å². The molecule has 0 radical (unpaired) electrons. The Kier molecular flexibility index (Phi) is 6.34. The SMILES string of the molecule is CCc1c(-c2ccc(O)cc2F)noc1CCC(=O)Cc1cn(CC)cc1C(=O)O. The summed E-state index contributed by atoms with van der Waals surface area (Å²) in [6.45, 7) is 4.39. The van der Waals surface area contributed by atoms with Crippen LogP contribution >= 0.6 is 0 Å². The first-order valence-electron chi connectivity index (χ1n) is 9.73. The van der Waals surface area contributed by atoms with Crippen LogP contribution in [0.3, 0.4) is 0 Å². The predicted molar refractivity (Wildman–Crippen MR) is 107 cm³/mol. The van der Waals surface area contributed by atoms with Crippen LogP contribution in [0, 0.1) is 5.82 Å². The Balaban J connectivity index is 1.73. The van der Waals surface area contributed by atoms with Gasteiger partial charge in [-0.1, -0.05) is 12.1 Å². The van der Waals surface area contributed by atoms with Gasteiger partial charge in [-0.05, 0) is 31.0 Å². The van der Waals surface area contributed by atoms with Crippen LogP contribution in [0.15, 0.2) is 35.1 Å². The molecular formula is C22H23FN2O5. The van der Waals surface area contributed by atoms with Gasteiger partial charge in [0.25, 0.3) is 0 Å². The van der Waals surface area contributed by atoms with Crippen molar-refractivity contribution in [1.29, 1.82) is 0 Å². The van der Waals surface area contributed by atoms with E-state index in [4.69, 9.17) is 4.52 Å². The van der Waals surface area contributed by atoms with Crippen LogP contribution < -0.4 is 0 Å². The maximum atomic E-state index is 14.2. The van der Waals surface area contributed by atoms with Crippen LogP contribution in [0.1, 0.15) is 47.5 Å². The minimum atomic E-state index is -1.06. The molecule has 0 amide bonds. The van der Waals surface area contributed by atoms with E-state index >= 15 is 0 Å². The second-order valence-corrected chi connectivity index (χ2v) is 7.00. The number of ketones is 1. The fraction of sp³-hybridized carbons (Fsp3) is 0.318. The monoisotopic (exact) mass is 414 g/mol. The molecule has 0 saturated carbocycles. The van der Waals surface area contributed by atoms with Crippen molar-refractivity contribution in [2.24, 2.45) is 0 Å². The number of benzene rings is 1. The van der Waals surface area contributed by atoms with E-state index in [2.05, 4.69) is 5.16 Å². The number of rotatable bonds is 9. The van der Waals surface area contributed by atoms with Crippen molar-refractivity contribution in [2.75, 3.05) is 0 Å². The van der Waals surface area contributed by atoms with Gasteiger partial charge in [0.2, 0.25) is 0 Å². The first-order valence-corrected chi connectivity index (χ1v) is 9.73. The van der Waals surface area contributed by atoms with Crippen LogP contribution in [-0.4, -0.2) is 31.7 Å². The van der Waals surface area contributed by atoms with Gasteiger partial charge in [-0.25, -0.2) is 9.18 Å². The Morgan fingerprint density at radius 1 is 1.23 bits per heavy atom. The summed E-state index contributed by atoms with van der Waals surface area (Å²) in [6.07, 6.45) is 4.19. The fourth-order valence-corrected chi connectivity index (χ4v) is 3.44. The molecule has 3 rings (SSSR count). The third-order valence-corrected chi connectivity index (χ3v) is 5.01. The molecule has 0 atom stereocenters. The van der Waals surface area contributed by atoms with Gasteiger partial charge in [-0.15, -0.1) is 0 Å². The molecule has 1 aromatic carbocycles. The summed E-state index contributed by atoms with van der Waals surface area (Å²) >= 11 is 0. The Morgan fingerprint density at radius 2 is 2.00 bits per heavy atom. The van der Waals surface area contributed by atoms with Crippen molar-refractivity contribution < 1.29 is 28.7 Å². The van der Waals surface area contributed by atoms with Crippen LogP contribution in [0.2, 0.25) is 0 Å². The Bertz CT molecular complexity index is 1080. The summed E-state index contributed by atoms with van der Waals surface area (Å²) in [6, 6.07) is 3.82. The fourth-order valence-electron chi connectivity index (χ4n) is 3.44. The molecule has 7 nitrogen and oxygen atoms in total. The molecule has 0 spiro atoms. The minimum absolute atomic E-state index is 0.0175. The summed E-state index contributed by atoms with van der Waals surface area (Å²) in [5, 5.41) is 22.7. The number of carbonyl (C=O) groups excluding carboxylic acids is 1. The van der Waals surface area contributed by atoms with E-state index in [-0.39, 0.29) is 41.9 Å². The highest BCUT2D eigenvalue weighted by Crippen LogP contribution is 2.30. The van der Waals surface area contributed by atoms with Crippen molar-refractivity contribution >= 4 is 11.8 Å². The third-order valence-electron chi connectivity index (χ3n) is 5.01. The average Bonchev–Trinajstić information content (AvgIpc) is 3.30. The maximum Gasteiger partial charge on any atom is 0.337 e. The molecule has 3 aromatic rings. The predicted octanol–water partition coefficient (Wildman–Crippen LogP) is 4.01. The third kappa shape index (κ3) is 4.42. The van der Waals surface area contributed by atoms with E-state index in [1.165, 1.54) is 18.3 Å². The molecule has 0 aliphatic carbocycles. The van der Waals surface area contributed by atoms with Crippen LogP contribution in [-0.2, 0) is 30.6 Å². The molecule has 2 N–H and O–H groups in total. The van der Waals surface area contributed by atoms with Gasteiger partial charge in [0, 0.05) is 55.4 Å². The highest BCUT2D eigenvalue weighted by atomic mass is 19.1. The van der Waals surface area contributed by atoms with Crippen molar-refractivity contribution in [3.63, 3.8) is 0 Å². The number of halogens is 1. The number of phenolic OH excluding ortho intramolecular Hbond substituents is 1. The quantitative estimate of drug-likeness (QED) is 0.548. The van der Waals surface area contributed by atoms with Crippen LogP contribution in [0.25, 0.3) is 11.3 Å². The Morgan fingerprint density at radius 3 is 2.63 bits per heavy atom. The number of Topliss-reactive ketones (excluding diaryl/α,β-unsaturated/α-hetero) is 1. The van der Waals surface area contributed by atoms with Crippen molar-refractivity contribution in [3.8, 4) is 17.0 Å². The number of aromatic hydroxyl groups is 1. The number of aromatic carboxylic acids is 1. The lowest BCUT2D eigenvalue weighted by atomic mass is 9.99. The number of carboxylic acids is 1. The topological polar surface area (TPSA) is 106 Å². The zero-order chi connectivity index (χ0) is 21.8. The molecular weight excluding hydrogens is 391 g/mol. The lowest BCUT2D eigenvalue weighted by Crippen LogP contribution is -2.08. The van der Waals surface area contributed by atoms with Gasteiger partial charge in [0.05, 0.1) is 5.56 Å². The van der Waals surface area contributed by atoms with Crippen molar-refractivity contribution in [1.82, 2.24) is 9.72 Å². The van der Waals surface area contributed by atoms with E-state index in [1.807, 2.05) is 13.8 Å². The molecule has 0 bridgehead atoms. The number of hydrogen-bond donors (Lipinski definition) is 2. The summed E-state index contributed by atoms with van der Waals surface area (Å²) in [5.41, 5.74) is 1.89. The first kappa shape index (κ1) is 21.3. The molecule has 0 unspecified atom stereocenters. The normalized spacial score (nSPS) is 11.0. The largest absolute Gasteiger partial charge is 0.508 e.